The van der Waals surface area contributed by atoms with Crippen LogP contribution in [0.5, 0.6) is 0 Å². The average molecular weight is 191 g/mol. The van der Waals surface area contributed by atoms with E-state index in [1.807, 2.05) is 6.20 Å². The third kappa shape index (κ3) is 1.67. The van der Waals surface area contributed by atoms with Crippen LogP contribution >= 0.6 is 0 Å². The van der Waals surface area contributed by atoms with Gasteiger partial charge in [-0.15, -0.1) is 0 Å². The fourth-order valence-corrected chi connectivity index (χ4v) is 2.32. The van der Waals surface area contributed by atoms with Crippen molar-refractivity contribution in [2.24, 2.45) is 5.92 Å². The summed E-state index contributed by atoms with van der Waals surface area (Å²) < 4.78 is 0. The molecule has 0 fully saturated rings. The van der Waals surface area contributed by atoms with Crippen molar-refractivity contribution in [2.45, 2.75) is 39.2 Å². The Balaban J connectivity index is 2.30. The number of pyridine rings is 1. The number of hydrogen-bond donors (Lipinski definition) is 1. The Bertz CT molecular complexity index is 322. The van der Waals surface area contributed by atoms with Gasteiger partial charge in [-0.2, -0.15) is 0 Å². The third-order valence-electron chi connectivity index (χ3n) is 3.28. The molecule has 0 amide bonds. The fraction of sp³-hybridized carbons (Fsp3) is 0.583. The molecule has 2 nitrogen and oxygen atoms in total. The van der Waals surface area contributed by atoms with E-state index in [9.17, 15) is 0 Å². The van der Waals surface area contributed by atoms with Crippen LogP contribution in [0.2, 0.25) is 0 Å². The van der Waals surface area contributed by atoms with E-state index >= 15 is 0 Å². The molecule has 14 heavy (non-hydrogen) atoms. The Morgan fingerprint density at radius 2 is 2.43 bits per heavy atom. The lowest BCUT2D eigenvalue weighted by atomic mass is 9.82. The number of hydrogen-bond acceptors (Lipinski definition) is 2. The molecule has 1 unspecified atom stereocenters. The van der Waals surface area contributed by atoms with Crippen molar-refractivity contribution in [3.63, 3.8) is 0 Å². The van der Waals surface area contributed by atoms with Gasteiger partial charge in [-0.05, 0) is 42.4 Å². The molecular formula is C12H17NO. The monoisotopic (exact) mass is 191 g/mol. The van der Waals surface area contributed by atoms with Gasteiger partial charge in [-0.25, -0.2) is 0 Å². The predicted octanol–water partition coefficient (Wildman–Crippen LogP) is 2.09. The summed E-state index contributed by atoms with van der Waals surface area (Å²) in [5.41, 5.74) is 3.60. The van der Waals surface area contributed by atoms with E-state index in [0.717, 1.165) is 18.0 Å². The summed E-state index contributed by atoms with van der Waals surface area (Å²) >= 11 is 0. The summed E-state index contributed by atoms with van der Waals surface area (Å²) in [6.07, 6.45) is 6.60. The van der Waals surface area contributed by atoms with E-state index in [1.54, 1.807) is 0 Å². The molecule has 0 saturated heterocycles. The molecule has 1 aliphatic rings. The summed E-state index contributed by atoms with van der Waals surface area (Å²) in [7, 11) is 0. The largest absolute Gasteiger partial charge is 0.390 e. The van der Waals surface area contributed by atoms with Crippen LogP contribution in [0.1, 0.15) is 36.6 Å². The maximum atomic E-state index is 9.15. The Hall–Kier alpha value is -0.890. The molecule has 0 spiro atoms. The number of nitrogens with zero attached hydrogens (tertiary/aromatic N) is 1. The van der Waals surface area contributed by atoms with Crippen LogP contribution < -0.4 is 0 Å². The number of aliphatic hydroxyl groups excluding tert-OH is 1. The molecule has 1 aromatic rings. The van der Waals surface area contributed by atoms with Crippen LogP contribution in [0, 0.1) is 5.92 Å². The molecule has 0 saturated carbocycles. The highest BCUT2D eigenvalue weighted by atomic mass is 16.3. The summed E-state index contributed by atoms with van der Waals surface area (Å²) in [4.78, 5) is 4.21. The first-order chi connectivity index (χ1) is 6.85. The van der Waals surface area contributed by atoms with E-state index in [2.05, 4.69) is 18.0 Å². The van der Waals surface area contributed by atoms with Crippen molar-refractivity contribution in [3.05, 3.63) is 29.1 Å². The standard InChI is InChI=1S/C12H17NO/c1-2-9-3-4-11-10(7-9)5-6-13-12(11)8-14/h5-6,9,14H,2-4,7-8H2,1H3. The van der Waals surface area contributed by atoms with Gasteiger partial charge in [0.1, 0.15) is 0 Å². The van der Waals surface area contributed by atoms with Gasteiger partial charge in [0, 0.05) is 6.20 Å². The van der Waals surface area contributed by atoms with Crippen LogP contribution in [0.15, 0.2) is 12.3 Å². The lowest BCUT2D eigenvalue weighted by Crippen LogP contribution is -2.16. The molecule has 0 radical (unpaired) electrons. The Morgan fingerprint density at radius 1 is 1.57 bits per heavy atom. The topological polar surface area (TPSA) is 33.1 Å². The van der Waals surface area contributed by atoms with Crippen molar-refractivity contribution in [1.29, 1.82) is 0 Å². The van der Waals surface area contributed by atoms with E-state index < -0.39 is 0 Å². The van der Waals surface area contributed by atoms with Crippen molar-refractivity contribution in [2.75, 3.05) is 0 Å². The van der Waals surface area contributed by atoms with Gasteiger partial charge >= 0.3 is 0 Å². The smallest absolute Gasteiger partial charge is 0.0855 e. The first-order valence-corrected chi connectivity index (χ1v) is 5.41. The van der Waals surface area contributed by atoms with Crippen LogP contribution in [-0.4, -0.2) is 10.1 Å². The Kier molecular flexibility index (Phi) is 2.82. The summed E-state index contributed by atoms with van der Waals surface area (Å²) in [6.45, 7) is 2.34. The van der Waals surface area contributed by atoms with Crippen LogP contribution in [0.3, 0.4) is 0 Å². The molecule has 0 aromatic carbocycles. The molecular weight excluding hydrogens is 174 g/mol. The first kappa shape index (κ1) is 9.66. The highest BCUT2D eigenvalue weighted by Gasteiger charge is 2.19. The zero-order valence-electron chi connectivity index (χ0n) is 8.66. The molecule has 1 N–H and O–H groups in total. The van der Waals surface area contributed by atoms with E-state index in [-0.39, 0.29) is 6.61 Å². The number of fused-ring (bicyclic) bond motifs is 1. The molecule has 76 valence electrons. The second kappa shape index (κ2) is 4.09. The Labute approximate surface area is 85.0 Å². The first-order valence-electron chi connectivity index (χ1n) is 5.41. The fourth-order valence-electron chi connectivity index (χ4n) is 2.32. The quantitative estimate of drug-likeness (QED) is 0.776. The molecule has 1 aliphatic carbocycles. The lowest BCUT2D eigenvalue weighted by Gasteiger charge is -2.24. The molecule has 2 heteroatoms. The van der Waals surface area contributed by atoms with Gasteiger partial charge in [0.05, 0.1) is 12.3 Å². The van der Waals surface area contributed by atoms with Crippen LogP contribution in [0.25, 0.3) is 0 Å². The van der Waals surface area contributed by atoms with Gasteiger partial charge in [0.15, 0.2) is 0 Å². The third-order valence-corrected chi connectivity index (χ3v) is 3.28. The highest BCUT2D eigenvalue weighted by Crippen LogP contribution is 2.28. The highest BCUT2D eigenvalue weighted by molar-refractivity contribution is 5.32. The molecule has 1 aromatic heterocycles. The molecule has 0 aliphatic heterocycles. The molecule has 0 bridgehead atoms. The van der Waals surface area contributed by atoms with Crippen LogP contribution in [0.4, 0.5) is 0 Å². The normalized spacial score (nSPS) is 20.6. The van der Waals surface area contributed by atoms with Crippen molar-refractivity contribution >= 4 is 0 Å². The minimum absolute atomic E-state index is 0.0833. The van der Waals surface area contributed by atoms with Gasteiger partial charge in [0.25, 0.3) is 0 Å². The SMILES string of the molecule is CCC1CCc2c(ccnc2CO)C1. The van der Waals surface area contributed by atoms with Gasteiger partial charge in [-0.1, -0.05) is 13.3 Å². The minimum atomic E-state index is 0.0833. The predicted molar refractivity (Wildman–Crippen MR) is 56.0 cm³/mol. The van der Waals surface area contributed by atoms with Gasteiger partial charge in [0.2, 0.25) is 0 Å². The molecule has 1 atom stereocenters. The van der Waals surface area contributed by atoms with Gasteiger partial charge in [-0.3, -0.25) is 4.98 Å². The van der Waals surface area contributed by atoms with Crippen molar-refractivity contribution in [1.82, 2.24) is 4.98 Å². The van der Waals surface area contributed by atoms with Crippen LogP contribution in [-0.2, 0) is 19.4 Å². The van der Waals surface area contributed by atoms with E-state index in [1.165, 1.54) is 30.4 Å². The van der Waals surface area contributed by atoms with Gasteiger partial charge < -0.3 is 5.11 Å². The average Bonchev–Trinajstić information content (AvgIpc) is 2.27. The second-order valence-electron chi connectivity index (χ2n) is 4.07. The van der Waals surface area contributed by atoms with Crippen molar-refractivity contribution in [3.8, 4) is 0 Å². The second-order valence-corrected chi connectivity index (χ2v) is 4.07. The summed E-state index contributed by atoms with van der Waals surface area (Å²) in [6, 6.07) is 2.11. The molecule has 1 heterocycles. The van der Waals surface area contributed by atoms with E-state index in [4.69, 9.17) is 5.11 Å². The zero-order chi connectivity index (χ0) is 9.97. The molecule has 2 rings (SSSR count). The summed E-state index contributed by atoms with van der Waals surface area (Å²) in [5.74, 6) is 0.830. The van der Waals surface area contributed by atoms with Crippen molar-refractivity contribution < 1.29 is 5.11 Å². The number of aromatic nitrogens is 1. The van der Waals surface area contributed by atoms with E-state index in [0.29, 0.717) is 0 Å². The minimum Gasteiger partial charge on any atom is -0.390 e. The Morgan fingerprint density at radius 3 is 3.14 bits per heavy atom. The number of aliphatic hydroxyl groups is 1. The zero-order valence-corrected chi connectivity index (χ0v) is 8.66. The maximum absolute atomic E-state index is 9.15. The lowest BCUT2D eigenvalue weighted by molar-refractivity contribution is 0.274. The summed E-state index contributed by atoms with van der Waals surface area (Å²) in [5, 5.41) is 9.15. The number of rotatable bonds is 2. The maximum Gasteiger partial charge on any atom is 0.0855 e.